The summed E-state index contributed by atoms with van der Waals surface area (Å²) in [6.07, 6.45) is 7.41. The predicted octanol–water partition coefficient (Wildman–Crippen LogP) is 3.27. The van der Waals surface area contributed by atoms with Crippen molar-refractivity contribution in [3.8, 4) is 0 Å². The Morgan fingerprint density at radius 3 is 2.24 bits per heavy atom. The summed E-state index contributed by atoms with van der Waals surface area (Å²) in [6, 6.07) is 0. The molecule has 0 aromatic rings. The molecule has 0 saturated heterocycles. The van der Waals surface area contributed by atoms with E-state index in [9.17, 15) is 10.2 Å². The van der Waals surface area contributed by atoms with Crippen LogP contribution in [-0.2, 0) is 9.47 Å². The second-order valence-electron chi connectivity index (χ2n) is 9.80. The Bertz CT molecular complexity index is 593. The summed E-state index contributed by atoms with van der Waals surface area (Å²) in [6.45, 7) is 6.83. The highest BCUT2D eigenvalue weighted by Crippen LogP contribution is 2.70. The van der Waals surface area contributed by atoms with Crippen molar-refractivity contribution < 1.29 is 19.7 Å². The van der Waals surface area contributed by atoms with Crippen molar-refractivity contribution in [2.75, 3.05) is 14.2 Å². The van der Waals surface area contributed by atoms with E-state index in [0.717, 1.165) is 38.5 Å². The SMILES string of the molecule is COC1(OC)C2C=C3C4(C)CCC(O)C(C)(C)C4CCC3(CC2)C1O. The van der Waals surface area contributed by atoms with Crippen LogP contribution in [0.15, 0.2) is 11.6 Å². The van der Waals surface area contributed by atoms with E-state index in [1.165, 1.54) is 5.57 Å². The number of ether oxygens (including phenoxy) is 2. The molecule has 0 radical (unpaired) electrons. The van der Waals surface area contributed by atoms with Crippen molar-refractivity contribution >= 4 is 0 Å². The maximum absolute atomic E-state index is 11.4. The first-order valence-corrected chi connectivity index (χ1v) is 9.88. The van der Waals surface area contributed by atoms with E-state index in [1.54, 1.807) is 14.2 Å². The molecule has 3 fully saturated rings. The third-order valence-electron chi connectivity index (χ3n) is 8.82. The molecular formula is C21H34O4. The first-order chi connectivity index (χ1) is 11.7. The van der Waals surface area contributed by atoms with Gasteiger partial charge in [0.1, 0.15) is 6.10 Å². The van der Waals surface area contributed by atoms with E-state index in [0.29, 0.717) is 5.92 Å². The van der Waals surface area contributed by atoms with Crippen LogP contribution in [0.2, 0.25) is 0 Å². The molecule has 4 nitrogen and oxygen atoms in total. The molecule has 2 N–H and O–H groups in total. The van der Waals surface area contributed by atoms with Gasteiger partial charge in [0.25, 0.3) is 0 Å². The second-order valence-corrected chi connectivity index (χ2v) is 9.80. The quantitative estimate of drug-likeness (QED) is 0.593. The largest absolute Gasteiger partial charge is 0.393 e. The average molecular weight is 350 g/mol. The topological polar surface area (TPSA) is 58.9 Å². The van der Waals surface area contributed by atoms with E-state index in [2.05, 4.69) is 26.8 Å². The molecule has 5 rings (SSSR count). The average Bonchev–Trinajstić information content (AvgIpc) is 2.60. The van der Waals surface area contributed by atoms with Gasteiger partial charge in [-0.3, -0.25) is 0 Å². The van der Waals surface area contributed by atoms with Crippen LogP contribution in [0.3, 0.4) is 0 Å². The van der Waals surface area contributed by atoms with Gasteiger partial charge in [-0.05, 0) is 55.3 Å². The molecule has 3 saturated carbocycles. The van der Waals surface area contributed by atoms with Crippen LogP contribution in [0.25, 0.3) is 0 Å². The third kappa shape index (κ3) is 1.92. The van der Waals surface area contributed by atoms with Gasteiger partial charge in [0, 0.05) is 25.6 Å². The van der Waals surface area contributed by atoms with Crippen molar-refractivity contribution in [2.24, 2.45) is 28.1 Å². The molecule has 25 heavy (non-hydrogen) atoms. The molecule has 0 aliphatic heterocycles. The molecule has 5 aliphatic carbocycles. The Morgan fingerprint density at radius 2 is 1.60 bits per heavy atom. The normalized spacial score (nSPS) is 50.0. The molecule has 6 atom stereocenters. The van der Waals surface area contributed by atoms with Crippen molar-refractivity contribution in [3.63, 3.8) is 0 Å². The van der Waals surface area contributed by atoms with Crippen LogP contribution < -0.4 is 0 Å². The number of methoxy groups -OCH3 is 2. The van der Waals surface area contributed by atoms with Crippen LogP contribution in [0.1, 0.15) is 59.3 Å². The molecule has 0 amide bonds. The van der Waals surface area contributed by atoms with Crippen LogP contribution >= 0.6 is 0 Å². The molecule has 0 heterocycles. The molecule has 142 valence electrons. The van der Waals surface area contributed by atoms with E-state index < -0.39 is 11.9 Å². The fraction of sp³-hybridized carbons (Fsp3) is 0.905. The molecule has 6 unspecified atom stereocenters. The zero-order valence-corrected chi connectivity index (χ0v) is 16.3. The lowest BCUT2D eigenvalue weighted by molar-refractivity contribution is -0.327. The minimum Gasteiger partial charge on any atom is -0.393 e. The maximum Gasteiger partial charge on any atom is 0.201 e. The Balaban J connectivity index is 1.84. The maximum atomic E-state index is 11.4. The Kier molecular flexibility index (Phi) is 3.82. The number of hydrogen-bond donors (Lipinski definition) is 2. The molecule has 5 aliphatic rings. The summed E-state index contributed by atoms with van der Waals surface area (Å²) in [4.78, 5) is 0. The Hall–Kier alpha value is -0.420. The van der Waals surface area contributed by atoms with Gasteiger partial charge < -0.3 is 19.7 Å². The lowest BCUT2D eigenvalue weighted by Gasteiger charge is -2.68. The van der Waals surface area contributed by atoms with E-state index in [4.69, 9.17) is 9.47 Å². The van der Waals surface area contributed by atoms with Gasteiger partial charge in [0.2, 0.25) is 5.79 Å². The summed E-state index contributed by atoms with van der Waals surface area (Å²) in [5, 5.41) is 22.1. The van der Waals surface area contributed by atoms with Gasteiger partial charge in [0.15, 0.2) is 0 Å². The zero-order valence-electron chi connectivity index (χ0n) is 16.3. The summed E-state index contributed by atoms with van der Waals surface area (Å²) >= 11 is 0. The third-order valence-corrected chi connectivity index (χ3v) is 8.82. The highest BCUT2D eigenvalue weighted by atomic mass is 16.7. The molecule has 4 heteroatoms. The van der Waals surface area contributed by atoms with Gasteiger partial charge in [-0.1, -0.05) is 32.4 Å². The van der Waals surface area contributed by atoms with E-state index >= 15 is 0 Å². The van der Waals surface area contributed by atoms with Crippen LogP contribution in [0.4, 0.5) is 0 Å². The minimum absolute atomic E-state index is 0.0499. The van der Waals surface area contributed by atoms with E-state index in [-0.39, 0.29) is 28.3 Å². The first-order valence-electron chi connectivity index (χ1n) is 9.88. The van der Waals surface area contributed by atoms with Crippen molar-refractivity contribution in [3.05, 3.63) is 11.6 Å². The molecule has 1 spiro atoms. The van der Waals surface area contributed by atoms with Gasteiger partial charge >= 0.3 is 0 Å². The predicted molar refractivity (Wildman–Crippen MR) is 95.8 cm³/mol. The zero-order chi connectivity index (χ0) is 18.3. The number of aliphatic hydroxyl groups is 2. The van der Waals surface area contributed by atoms with Crippen LogP contribution in [0, 0.1) is 28.1 Å². The summed E-state index contributed by atoms with van der Waals surface area (Å²) in [7, 11) is 3.32. The van der Waals surface area contributed by atoms with E-state index in [1.807, 2.05) is 0 Å². The summed E-state index contributed by atoms with van der Waals surface area (Å²) < 4.78 is 11.6. The molecule has 0 aromatic heterocycles. The molecule has 2 bridgehead atoms. The summed E-state index contributed by atoms with van der Waals surface area (Å²) in [5.74, 6) is -0.360. The highest BCUT2D eigenvalue weighted by molar-refractivity contribution is 5.38. The lowest BCUT2D eigenvalue weighted by Crippen LogP contribution is -2.69. The Morgan fingerprint density at radius 1 is 0.960 bits per heavy atom. The second kappa shape index (κ2) is 5.31. The number of rotatable bonds is 2. The minimum atomic E-state index is -0.908. The smallest absolute Gasteiger partial charge is 0.201 e. The fourth-order valence-corrected chi connectivity index (χ4v) is 7.40. The monoisotopic (exact) mass is 350 g/mol. The fourth-order valence-electron chi connectivity index (χ4n) is 7.40. The number of hydrogen-bond acceptors (Lipinski definition) is 4. The lowest BCUT2D eigenvalue weighted by atomic mass is 9.39. The van der Waals surface area contributed by atoms with Gasteiger partial charge in [-0.25, -0.2) is 0 Å². The number of fused-ring (bicyclic) bond motifs is 3. The van der Waals surface area contributed by atoms with Gasteiger partial charge in [-0.2, -0.15) is 0 Å². The molecule has 0 aromatic carbocycles. The van der Waals surface area contributed by atoms with Crippen LogP contribution in [0.5, 0.6) is 0 Å². The van der Waals surface area contributed by atoms with Crippen LogP contribution in [-0.4, -0.2) is 42.4 Å². The summed E-state index contributed by atoms with van der Waals surface area (Å²) in [5.41, 5.74) is 1.17. The van der Waals surface area contributed by atoms with Crippen molar-refractivity contribution in [1.82, 2.24) is 0 Å². The van der Waals surface area contributed by atoms with Gasteiger partial charge in [0.05, 0.1) is 6.10 Å². The first kappa shape index (κ1) is 18.0. The number of aliphatic hydroxyl groups excluding tert-OH is 2. The van der Waals surface area contributed by atoms with Gasteiger partial charge in [-0.15, -0.1) is 0 Å². The highest BCUT2D eigenvalue weighted by Gasteiger charge is 2.69. The Labute approximate surface area is 151 Å². The molecular weight excluding hydrogens is 316 g/mol. The standard InChI is InChI=1S/C21H34O4/c1-18(2)14-7-11-20-10-6-13(21(24-4,25-5)17(20)23)12-15(20)19(14,3)9-8-16(18)22/h12-14,16-17,22-23H,6-11H2,1-5H3. The van der Waals surface area contributed by atoms with Crippen molar-refractivity contribution in [2.45, 2.75) is 77.3 Å². The van der Waals surface area contributed by atoms with Crippen molar-refractivity contribution in [1.29, 1.82) is 0 Å².